The number of likely N-dealkylation sites (tertiary alicyclic amines) is 1. The Bertz CT molecular complexity index is 447. The molecule has 2 rings (SSSR count). The first-order valence-electron chi connectivity index (χ1n) is 7.30. The molecule has 1 aromatic heterocycles. The van der Waals surface area contributed by atoms with E-state index in [4.69, 9.17) is 10.5 Å². The van der Waals surface area contributed by atoms with E-state index in [1.807, 2.05) is 4.90 Å². The second-order valence-electron chi connectivity index (χ2n) is 5.24. The Balaban J connectivity index is 2.27. The topological polar surface area (TPSA) is 55.6 Å². The molecule has 5 heteroatoms. The van der Waals surface area contributed by atoms with Gasteiger partial charge < -0.3 is 15.4 Å². The summed E-state index contributed by atoms with van der Waals surface area (Å²) in [5, 5.41) is 0. The second-order valence-corrected chi connectivity index (χ2v) is 6.44. The number of ether oxygens (including phenoxy) is 1. The van der Waals surface area contributed by atoms with Crippen molar-refractivity contribution in [2.75, 3.05) is 20.3 Å². The predicted molar refractivity (Wildman–Crippen MR) is 81.9 cm³/mol. The molecule has 1 aliphatic rings. The van der Waals surface area contributed by atoms with Crippen LogP contribution in [-0.2, 0) is 16.0 Å². The van der Waals surface area contributed by atoms with E-state index < -0.39 is 0 Å². The molecule has 0 saturated carbocycles. The minimum absolute atomic E-state index is 0.00505. The monoisotopic (exact) mass is 296 g/mol. The Hall–Kier alpha value is -0.910. The van der Waals surface area contributed by atoms with E-state index >= 15 is 0 Å². The zero-order valence-corrected chi connectivity index (χ0v) is 13.1. The van der Waals surface area contributed by atoms with Gasteiger partial charge in [-0.2, -0.15) is 0 Å². The number of rotatable bonds is 5. The van der Waals surface area contributed by atoms with Crippen LogP contribution in [0.1, 0.15) is 42.0 Å². The molecule has 4 nitrogen and oxygen atoms in total. The average Bonchev–Trinajstić information content (AvgIpc) is 2.86. The lowest BCUT2D eigenvalue weighted by Gasteiger charge is -2.32. The summed E-state index contributed by atoms with van der Waals surface area (Å²) in [6, 6.07) is 4.30. The van der Waals surface area contributed by atoms with E-state index in [1.165, 1.54) is 9.75 Å². The number of nitrogens with zero attached hydrogens (tertiary/aromatic N) is 1. The van der Waals surface area contributed by atoms with Crippen molar-refractivity contribution < 1.29 is 9.53 Å². The Kier molecular flexibility index (Phi) is 5.57. The third kappa shape index (κ3) is 3.40. The molecular weight excluding hydrogens is 272 g/mol. The molecule has 0 aromatic carbocycles. The summed E-state index contributed by atoms with van der Waals surface area (Å²) in [5.74, 6) is 0.200. The van der Waals surface area contributed by atoms with Gasteiger partial charge in [-0.25, -0.2) is 0 Å². The van der Waals surface area contributed by atoms with Crippen molar-refractivity contribution in [3.63, 3.8) is 0 Å². The summed E-state index contributed by atoms with van der Waals surface area (Å²) in [7, 11) is 1.66. The van der Waals surface area contributed by atoms with Crippen LogP contribution in [0.15, 0.2) is 12.1 Å². The van der Waals surface area contributed by atoms with Gasteiger partial charge in [-0.1, -0.05) is 6.92 Å². The lowest BCUT2D eigenvalue weighted by atomic mass is 10.0. The van der Waals surface area contributed by atoms with Crippen molar-refractivity contribution in [1.29, 1.82) is 0 Å². The van der Waals surface area contributed by atoms with Crippen molar-refractivity contribution in [2.45, 2.75) is 44.7 Å². The molecule has 0 radical (unpaired) electrons. The minimum Gasteiger partial charge on any atom is -0.383 e. The van der Waals surface area contributed by atoms with E-state index in [0.29, 0.717) is 19.6 Å². The first-order chi connectivity index (χ1) is 9.67. The highest BCUT2D eigenvalue weighted by molar-refractivity contribution is 7.12. The largest absolute Gasteiger partial charge is 0.383 e. The predicted octanol–water partition coefficient (Wildman–Crippen LogP) is 2.34. The van der Waals surface area contributed by atoms with Gasteiger partial charge in [-0.3, -0.25) is 4.79 Å². The number of hydrogen-bond donors (Lipinski definition) is 1. The number of carbonyl (C=O) groups is 1. The third-order valence-corrected chi connectivity index (χ3v) is 5.15. The van der Waals surface area contributed by atoms with E-state index in [-0.39, 0.29) is 18.0 Å². The number of hydrogen-bond acceptors (Lipinski definition) is 4. The molecular formula is C15H24N2O2S. The number of amides is 1. The maximum Gasteiger partial charge on any atom is 0.223 e. The molecule has 1 fully saturated rings. The standard InChI is InChI=1S/C15H24N2O2S/c1-3-11-7-8-13(20-11)15-12(16)5-4-6-14(18)17(15)9-10-19-2/h7-8,12,15H,3-6,9-10,16H2,1-2H3. The normalized spacial score (nSPS) is 23.9. The Morgan fingerprint density at radius 1 is 1.50 bits per heavy atom. The van der Waals surface area contributed by atoms with Crippen LogP contribution in [0.5, 0.6) is 0 Å². The number of carbonyl (C=O) groups excluding carboxylic acids is 1. The Labute approximate surface area is 124 Å². The number of nitrogens with two attached hydrogens (primary N) is 1. The van der Waals surface area contributed by atoms with Crippen LogP contribution in [0, 0.1) is 0 Å². The fourth-order valence-electron chi connectivity index (χ4n) is 2.74. The summed E-state index contributed by atoms with van der Waals surface area (Å²) in [4.78, 5) is 16.8. The molecule has 0 spiro atoms. The van der Waals surface area contributed by atoms with Crippen molar-refractivity contribution >= 4 is 17.2 Å². The highest BCUT2D eigenvalue weighted by Crippen LogP contribution is 2.34. The molecule has 112 valence electrons. The quantitative estimate of drug-likeness (QED) is 0.907. The van der Waals surface area contributed by atoms with E-state index in [1.54, 1.807) is 18.4 Å². The maximum atomic E-state index is 12.3. The van der Waals surface area contributed by atoms with Crippen LogP contribution < -0.4 is 5.73 Å². The van der Waals surface area contributed by atoms with Crippen LogP contribution in [0.4, 0.5) is 0 Å². The van der Waals surface area contributed by atoms with E-state index in [2.05, 4.69) is 19.1 Å². The molecule has 1 aromatic rings. The fourth-order valence-corrected chi connectivity index (χ4v) is 3.88. The van der Waals surface area contributed by atoms with Crippen LogP contribution in [0.25, 0.3) is 0 Å². The van der Waals surface area contributed by atoms with Crippen LogP contribution in [-0.4, -0.2) is 37.1 Å². The Morgan fingerprint density at radius 2 is 2.30 bits per heavy atom. The number of thiophene rings is 1. The van der Waals surface area contributed by atoms with Crippen molar-refractivity contribution in [1.82, 2.24) is 4.90 Å². The smallest absolute Gasteiger partial charge is 0.223 e. The highest BCUT2D eigenvalue weighted by atomic mass is 32.1. The molecule has 2 N–H and O–H groups in total. The van der Waals surface area contributed by atoms with Gasteiger partial charge in [0.2, 0.25) is 5.91 Å². The van der Waals surface area contributed by atoms with Gasteiger partial charge >= 0.3 is 0 Å². The van der Waals surface area contributed by atoms with Crippen LogP contribution in [0.2, 0.25) is 0 Å². The zero-order valence-electron chi connectivity index (χ0n) is 12.3. The minimum atomic E-state index is 0.00505. The fraction of sp³-hybridized carbons (Fsp3) is 0.667. The number of methoxy groups -OCH3 is 1. The van der Waals surface area contributed by atoms with Crippen molar-refractivity contribution in [3.05, 3.63) is 21.9 Å². The summed E-state index contributed by atoms with van der Waals surface area (Å²) in [6.07, 6.45) is 3.41. The summed E-state index contributed by atoms with van der Waals surface area (Å²) < 4.78 is 5.15. The molecule has 2 unspecified atom stereocenters. The van der Waals surface area contributed by atoms with Gasteiger partial charge in [-0.15, -0.1) is 11.3 Å². The Morgan fingerprint density at radius 3 is 2.95 bits per heavy atom. The summed E-state index contributed by atoms with van der Waals surface area (Å²) >= 11 is 1.78. The number of aryl methyl sites for hydroxylation is 1. The van der Waals surface area contributed by atoms with Crippen molar-refractivity contribution in [3.8, 4) is 0 Å². The van der Waals surface area contributed by atoms with Gasteiger partial charge in [0.05, 0.1) is 12.6 Å². The summed E-state index contributed by atoms with van der Waals surface area (Å²) in [6.45, 7) is 3.32. The second kappa shape index (κ2) is 7.20. The molecule has 2 heterocycles. The lowest BCUT2D eigenvalue weighted by molar-refractivity contribution is -0.133. The molecule has 1 aliphatic heterocycles. The van der Waals surface area contributed by atoms with Gasteiger partial charge in [0, 0.05) is 35.9 Å². The van der Waals surface area contributed by atoms with Gasteiger partial charge in [0.15, 0.2) is 0 Å². The zero-order chi connectivity index (χ0) is 14.5. The average molecular weight is 296 g/mol. The van der Waals surface area contributed by atoms with Crippen molar-refractivity contribution in [2.24, 2.45) is 5.73 Å². The first-order valence-corrected chi connectivity index (χ1v) is 8.11. The van der Waals surface area contributed by atoms with Gasteiger partial charge in [-0.05, 0) is 31.4 Å². The summed E-state index contributed by atoms with van der Waals surface area (Å²) in [5.41, 5.74) is 6.36. The molecule has 20 heavy (non-hydrogen) atoms. The lowest BCUT2D eigenvalue weighted by Crippen LogP contribution is -2.43. The van der Waals surface area contributed by atoms with E-state index in [0.717, 1.165) is 19.3 Å². The maximum absolute atomic E-state index is 12.3. The molecule has 1 saturated heterocycles. The van der Waals surface area contributed by atoms with E-state index in [9.17, 15) is 4.79 Å². The van der Waals surface area contributed by atoms with Gasteiger partial charge in [0.25, 0.3) is 0 Å². The molecule has 2 atom stereocenters. The SMILES string of the molecule is CCc1ccc(C2C(N)CCCC(=O)N2CCOC)s1. The van der Waals surface area contributed by atoms with Gasteiger partial charge in [0.1, 0.15) is 0 Å². The molecule has 0 aliphatic carbocycles. The third-order valence-electron chi connectivity index (χ3n) is 3.85. The highest BCUT2D eigenvalue weighted by Gasteiger charge is 2.33. The molecule has 0 bridgehead atoms. The first kappa shape index (κ1) is 15.5. The van der Waals surface area contributed by atoms with Crippen LogP contribution >= 0.6 is 11.3 Å². The van der Waals surface area contributed by atoms with Crippen LogP contribution in [0.3, 0.4) is 0 Å². The molecule has 1 amide bonds.